The minimum Gasteiger partial charge on any atom is -0.394 e. The topological polar surface area (TPSA) is 142 Å². The van der Waals surface area contributed by atoms with E-state index in [-0.39, 0.29) is 30.7 Å². The third kappa shape index (κ3) is 6.63. The highest BCUT2D eigenvalue weighted by molar-refractivity contribution is 5.01. The van der Waals surface area contributed by atoms with Crippen LogP contribution in [0.4, 0.5) is 0 Å². The number of aliphatic hydroxyl groups is 3. The first-order chi connectivity index (χ1) is 17.7. The Bertz CT molecular complexity index is 781. The van der Waals surface area contributed by atoms with Gasteiger partial charge in [-0.05, 0) is 25.2 Å². The maximum absolute atomic E-state index is 11.1. The zero-order chi connectivity index (χ0) is 26.7. The van der Waals surface area contributed by atoms with Gasteiger partial charge in [0.05, 0.1) is 31.0 Å². The molecule has 1 saturated heterocycles. The van der Waals surface area contributed by atoms with Gasteiger partial charge >= 0.3 is 0 Å². The van der Waals surface area contributed by atoms with Gasteiger partial charge < -0.3 is 49.5 Å². The van der Waals surface area contributed by atoms with Gasteiger partial charge in [0.2, 0.25) is 0 Å². The van der Waals surface area contributed by atoms with Crippen molar-refractivity contribution in [3.05, 3.63) is 24.3 Å². The van der Waals surface area contributed by atoms with Crippen LogP contribution in [0.15, 0.2) is 24.3 Å². The van der Waals surface area contributed by atoms with Gasteiger partial charge in [-0.1, -0.05) is 52.0 Å². The number of aliphatic hydroxyl groups excluding tert-OH is 3. The molecule has 2 fully saturated rings. The van der Waals surface area contributed by atoms with E-state index in [1.165, 1.54) is 0 Å². The zero-order valence-electron chi connectivity index (χ0n) is 22.3. The molecule has 10 heteroatoms. The number of hydrogen-bond acceptors (Lipinski definition) is 10. The lowest BCUT2D eigenvalue weighted by Crippen LogP contribution is -2.60. The van der Waals surface area contributed by atoms with Crippen LogP contribution in [0, 0.1) is 11.8 Å². The molecule has 4 aliphatic rings. The van der Waals surface area contributed by atoms with Crippen LogP contribution in [0.25, 0.3) is 0 Å². The summed E-state index contributed by atoms with van der Waals surface area (Å²) in [4.78, 5) is 0. The number of nitrogens with two attached hydrogens (primary N) is 1. The summed E-state index contributed by atoms with van der Waals surface area (Å²) in [5.74, 6) is -0.0254. The summed E-state index contributed by atoms with van der Waals surface area (Å²) in [5, 5.41) is 32.1. The second-order valence-electron chi connectivity index (χ2n) is 10.8. The zero-order valence-corrected chi connectivity index (χ0v) is 22.3. The van der Waals surface area contributed by atoms with Crippen LogP contribution >= 0.6 is 0 Å². The van der Waals surface area contributed by atoms with Crippen LogP contribution in [0.2, 0.25) is 0 Å². The summed E-state index contributed by atoms with van der Waals surface area (Å²) in [6, 6.07) is -0.527. The van der Waals surface area contributed by atoms with Crippen LogP contribution < -0.4 is 5.73 Å². The molecule has 3 heterocycles. The maximum atomic E-state index is 11.1. The number of ether oxygens (including phenoxy) is 6. The van der Waals surface area contributed by atoms with Gasteiger partial charge in [0, 0.05) is 18.4 Å². The highest BCUT2D eigenvalue weighted by Gasteiger charge is 2.51. The Balaban J connectivity index is 1.46. The molecule has 0 spiro atoms. The summed E-state index contributed by atoms with van der Waals surface area (Å²) >= 11 is 0. The van der Waals surface area contributed by atoms with Crippen LogP contribution in [0.5, 0.6) is 0 Å². The van der Waals surface area contributed by atoms with Gasteiger partial charge in [0.15, 0.2) is 18.9 Å². The SMILES string of the molecule is CCC1C=CCC(OC2C(CO)OC(OC3C(O)C(N)CC(C)C3OC3OC(CC)C=CC3C)C2O)O1. The van der Waals surface area contributed by atoms with E-state index in [1.807, 2.05) is 45.9 Å². The van der Waals surface area contributed by atoms with E-state index >= 15 is 0 Å². The van der Waals surface area contributed by atoms with Crippen LogP contribution in [-0.2, 0) is 28.4 Å². The summed E-state index contributed by atoms with van der Waals surface area (Å²) in [6.07, 6.45) is 3.08. The third-order valence-corrected chi connectivity index (χ3v) is 7.84. The molecular weight excluding hydrogens is 482 g/mol. The maximum Gasteiger partial charge on any atom is 0.187 e. The average Bonchev–Trinajstić information content (AvgIpc) is 3.19. The van der Waals surface area contributed by atoms with Gasteiger partial charge in [-0.15, -0.1) is 0 Å². The first kappa shape index (κ1) is 29.1. The van der Waals surface area contributed by atoms with Gasteiger partial charge in [0.25, 0.3) is 0 Å². The molecule has 0 radical (unpaired) electrons. The minimum absolute atomic E-state index is 0.0183. The lowest BCUT2D eigenvalue weighted by atomic mass is 9.80. The van der Waals surface area contributed by atoms with Crippen LogP contribution in [-0.4, -0.2) is 95.7 Å². The third-order valence-electron chi connectivity index (χ3n) is 7.84. The molecule has 4 rings (SSSR count). The smallest absolute Gasteiger partial charge is 0.187 e. The molecule has 212 valence electrons. The molecule has 3 aliphatic heterocycles. The molecule has 5 N–H and O–H groups in total. The average molecular weight is 528 g/mol. The number of rotatable bonds is 9. The summed E-state index contributed by atoms with van der Waals surface area (Å²) in [6.45, 7) is 7.71. The standard InChI is InChI=1S/C27H45NO9/c1-5-16-8-7-9-20(32-16)35-24-19(13-29)34-27(22(24)31)37-25-21(30)18(28)12-15(4)23(25)36-26-14(3)10-11-17(6-2)33-26/h7-8,10-11,14-27,29-31H,5-6,9,12-13,28H2,1-4H3. The van der Waals surface area contributed by atoms with Crippen molar-refractivity contribution in [1.82, 2.24) is 0 Å². The summed E-state index contributed by atoms with van der Waals surface area (Å²) in [7, 11) is 0. The van der Waals surface area contributed by atoms with Gasteiger partial charge in [-0.2, -0.15) is 0 Å². The minimum atomic E-state index is -1.22. The van der Waals surface area contributed by atoms with E-state index < -0.39 is 61.5 Å². The second kappa shape index (κ2) is 13.0. The monoisotopic (exact) mass is 527 g/mol. The van der Waals surface area contributed by atoms with E-state index in [0.717, 1.165) is 12.8 Å². The predicted octanol–water partition coefficient (Wildman–Crippen LogP) is 1.36. The Morgan fingerprint density at radius 1 is 0.838 bits per heavy atom. The Morgan fingerprint density at radius 2 is 1.54 bits per heavy atom. The van der Waals surface area contributed by atoms with Crippen molar-refractivity contribution in [1.29, 1.82) is 0 Å². The van der Waals surface area contributed by atoms with Crippen molar-refractivity contribution < 1.29 is 43.7 Å². The molecule has 0 aromatic rings. The van der Waals surface area contributed by atoms with Crippen molar-refractivity contribution in [2.24, 2.45) is 17.6 Å². The van der Waals surface area contributed by atoms with E-state index in [9.17, 15) is 15.3 Å². The van der Waals surface area contributed by atoms with Crippen LogP contribution in [0.3, 0.4) is 0 Å². The molecule has 14 unspecified atom stereocenters. The fourth-order valence-electron chi connectivity index (χ4n) is 5.53. The van der Waals surface area contributed by atoms with Gasteiger partial charge in [0.1, 0.15) is 24.4 Å². The quantitative estimate of drug-likeness (QED) is 0.325. The normalized spacial score (nSPS) is 48.4. The molecule has 37 heavy (non-hydrogen) atoms. The molecule has 14 atom stereocenters. The fraction of sp³-hybridized carbons (Fsp3) is 0.852. The molecule has 10 nitrogen and oxygen atoms in total. The van der Waals surface area contributed by atoms with Crippen LogP contribution in [0.1, 0.15) is 53.4 Å². The summed E-state index contributed by atoms with van der Waals surface area (Å²) < 4.78 is 36.6. The van der Waals surface area contributed by atoms with Crippen molar-refractivity contribution in [2.75, 3.05) is 6.61 Å². The van der Waals surface area contributed by atoms with Crippen molar-refractivity contribution in [2.45, 2.75) is 127 Å². The van der Waals surface area contributed by atoms with E-state index in [1.54, 1.807) is 0 Å². The molecule has 0 bridgehead atoms. The van der Waals surface area contributed by atoms with Crippen molar-refractivity contribution in [3.63, 3.8) is 0 Å². The van der Waals surface area contributed by atoms with Crippen molar-refractivity contribution >= 4 is 0 Å². The van der Waals surface area contributed by atoms with Gasteiger partial charge in [-0.3, -0.25) is 0 Å². The van der Waals surface area contributed by atoms with E-state index in [0.29, 0.717) is 12.8 Å². The fourth-order valence-corrected chi connectivity index (χ4v) is 5.53. The first-order valence-corrected chi connectivity index (χ1v) is 13.8. The lowest BCUT2D eigenvalue weighted by Gasteiger charge is -2.45. The van der Waals surface area contributed by atoms with E-state index in [2.05, 4.69) is 6.08 Å². The molecule has 0 aromatic carbocycles. The molecule has 0 aromatic heterocycles. The second-order valence-corrected chi connectivity index (χ2v) is 10.8. The summed E-state index contributed by atoms with van der Waals surface area (Å²) in [5.41, 5.74) is 6.25. The Labute approximate surface area is 219 Å². The predicted molar refractivity (Wildman–Crippen MR) is 134 cm³/mol. The van der Waals surface area contributed by atoms with E-state index in [4.69, 9.17) is 34.2 Å². The Hall–Kier alpha value is -0.920. The molecule has 1 saturated carbocycles. The Morgan fingerprint density at radius 3 is 2.24 bits per heavy atom. The van der Waals surface area contributed by atoms with Gasteiger partial charge in [-0.25, -0.2) is 0 Å². The first-order valence-electron chi connectivity index (χ1n) is 13.8. The lowest BCUT2D eigenvalue weighted by molar-refractivity contribution is -0.289. The number of hydrogen-bond donors (Lipinski definition) is 4. The molecular formula is C27H45NO9. The Kier molecular flexibility index (Phi) is 10.2. The van der Waals surface area contributed by atoms with Crippen molar-refractivity contribution in [3.8, 4) is 0 Å². The highest BCUT2D eigenvalue weighted by atomic mass is 16.8. The highest BCUT2D eigenvalue weighted by Crippen LogP contribution is 2.36. The molecule has 0 amide bonds. The largest absolute Gasteiger partial charge is 0.394 e. The molecule has 1 aliphatic carbocycles.